The van der Waals surface area contributed by atoms with Gasteiger partial charge in [0.15, 0.2) is 17.6 Å². The van der Waals surface area contributed by atoms with Gasteiger partial charge in [-0.25, -0.2) is 0 Å². The minimum absolute atomic E-state index is 0.0572. The molecular formula is C13H15O6-. The molecule has 1 aliphatic rings. The van der Waals surface area contributed by atoms with Crippen molar-refractivity contribution in [3.63, 3.8) is 0 Å². The third-order valence-corrected chi connectivity index (χ3v) is 3.19. The van der Waals surface area contributed by atoms with Crippen LogP contribution in [0.1, 0.15) is 12.0 Å². The molecule has 6 heteroatoms. The van der Waals surface area contributed by atoms with E-state index in [1.165, 1.54) is 14.2 Å². The fraction of sp³-hybridized carbons (Fsp3) is 0.462. The molecule has 0 radical (unpaired) electrons. The number of ether oxygens (including phenoxy) is 3. The molecule has 0 bridgehead atoms. The van der Waals surface area contributed by atoms with E-state index < -0.39 is 24.1 Å². The molecular weight excluding hydrogens is 252 g/mol. The van der Waals surface area contributed by atoms with Crippen LogP contribution in [0.3, 0.4) is 0 Å². The molecule has 104 valence electrons. The summed E-state index contributed by atoms with van der Waals surface area (Å²) in [5, 5.41) is 21.5. The number of aliphatic carboxylic acids is 1. The molecule has 0 spiro atoms. The van der Waals surface area contributed by atoms with Crippen LogP contribution in [-0.2, 0) is 15.1 Å². The molecule has 0 aliphatic carbocycles. The van der Waals surface area contributed by atoms with Crippen LogP contribution in [0.4, 0.5) is 0 Å². The zero-order valence-corrected chi connectivity index (χ0v) is 10.7. The van der Waals surface area contributed by atoms with E-state index in [0.717, 1.165) is 0 Å². The van der Waals surface area contributed by atoms with E-state index in [0.29, 0.717) is 17.1 Å². The standard InChI is InChI=1S/C13H16O6/c1-17-7-10-13(16,6-11(14)15)8-4-3-5-9(18-2)12(8)19-10/h3-5,10,16H,6-7H2,1-2H3,(H,14,15)/p-1. The Balaban J connectivity index is 2.47. The second-order valence-electron chi connectivity index (χ2n) is 4.37. The normalized spacial score (nSPS) is 24.7. The largest absolute Gasteiger partial charge is 0.550 e. The quantitative estimate of drug-likeness (QED) is 0.768. The van der Waals surface area contributed by atoms with Crippen molar-refractivity contribution in [1.29, 1.82) is 0 Å². The van der Waals surface area contributed by atoms with Gasteiger partial charge in [-0.2, -0.15) is 0 Å². The van der Waals surface area contributed by atoms with E-state index in [9.17, 15) is 15.0 Å². The lowest BCUT2D eigenvalue weighted by atomic mass is 9.87. The van der Waals surface area contributed by atoms with Gasteiger partial charge in [-0.15, -0.1) is 0 Å². The highest BCUT2D eigenvalue weighted by Crippen LogP contribution is 2.48. The Bertz CT molecular complexity index is 486. The van der Waals surface area contributed by atoms with Crippen LogP contribution in [0.15, 0.2) is 18.2 Å². The van der Waals surface area contributed by atoms with Crippen LogP contribution < -0.4 is 14.6 Å². The Morgan fingerprint density at radius 1 is 1.53 bits per heavy atom. The second-order valence-corrected chi connectivity index (χ2v) is 4.37. The van der Waals surface area contributed by atoms with Gasteiger partial charge in [0, 0.05) is 25.1 Å². The molecule has 1 N–H and O–H groups in total. The highest BCUT2D eigenvalue weighted by atomic mass is 16.6. The summed E-state index contributed by atoms with van der Waals surface area (Å²) in [4.78, 5) is 10.9. The highest BCUT2D eigenvalue weighted by Gasteiger charge is 2.48. The SMILES string of the molecule is COCC1Oc2c(OC)cccc2C1(O)CC(=O)[O-]. The first-order chi connectivity index (χ1) is 9.02. The topological polar surface area (TPSA) is 88.1 Å². The van der Waals surface area contributed by atoms with Crippen LogP contribution in [0.2, 0.25) is 0 Å². The van der Waals surface area contributed by atoms with Crippen molar-refractivity contribution < 1.29 is 29.2 Å². The molecule has 2 atom stereocenters. The monoisotopic (exact) mass is 267 g/mol. The Morgan fingerprint density at radius 2 is 2.26 bits per heavy atom. The van der Waals surface area contributed by atoms with E-state index in [4.69, 9.17) is 14.2 Å². The van der Waals surface area contributed by atoms with Crippen molar-refractivity contribution in [2.24, 2.45) is 0 Å². The van der Waals surface area contributed by atoms with Crippen LogP contribution in [0.5, 0.6) is 11.5 Å². The van der Waals surface area contributed by atoms with E-state index in [1.54, 1.807) is 18.2 Å². The summed E-state index contributed by atoms with van der Waals surface area (Å²) in [7, 11) is 2.92. The molecule has 1 aliphatic heterocycles. The van der Waals surface area contributed by atoms with Crippen LogP contribution in [0.25, 0.3) is 0 Å². The first kappa shape index (κ1) is 13.6. The minimum Gasteiger partial charge on any atom is -0.550 e. The third kappa shape index (κ3) is 2.24. The maximum Gasteiger partial charge on any atom is 0.168 e. The molecule has 0 aromatic heterocycles. The van der Waals surface area contributed by atoms with Gasteiger partial charge in [0.05, 0.1) is 13.7 Å². The molecule has 0 fully saturated rings. The molecule has 6 nitrogen and oxygen atoms in total. The summed E-state index contributed by atoms with van der Waals surface area (Å²) in [6.45, 7) is 0.0572. The Labute approximate surface area is 110 Å². The maximum atomic E-state index is 10.9. The van der Waals surface area contributed by atoms with Gasteiger partial charge in [-0.05, 0) is 6.07 Å². The van der Waals surface area contributed by atoms with Crippen molar-refractivity contribution >= 4 is 5.97 Å². The lowest BCUT2D eigenvalue weighted by Crippen LogP contribution is -2.45. The minimum atomic E-state index is -1.68. The molecule has 0 amide bonds. The number of carboxylic acids is 1. The van der Waals surface area contributed by atoms with Crippen molar-refractivity contribution in [3.8, 4) is 11.5 Å². The van der Waals surface area contributed by atoms with E-state index in [-0.39, 0.29) is 6.61 Å². The summed E-state index contributed by atoms with van der Waals surface area (Å²) in [6, 6.07) is 4.94. The summed E-state index contributed by atoms with van der Waals surface area (Å²) in [6.07, 6.45) is -1.39. The Hall–Kier alpha value is -1.79. The molecule has 2 unspecified atom stereocenters. The molecule has 0 saturated carbocycles. The summed E-state index contributed by atoms with van der Waals surface area (Å²) in [5.41, 5.74) is -1.31. The average Bonchev–Trinajstić information content (AvgIpc) is 2.62. The predicted molar refractivity (Wildman–Crippen MR) is 62.8 cm³/mol. The van der Waals surface area contributed by atoms with Gasteiger partial charge in [0.25, 0.3) is 0 Å². The number of hydrogen-bond donors (Lipinski definition) is 1. The van der Waals surface area contributed by atoms with E-state index in [1.807, 2.05) is 0 Å². The number of methoxy groups -OCH3 is 2. The molecule has 1 aromatic rings. The number of carbonyl (C=O) groups excluding carboxylic acids is 1. The molecule has 2 rings (SSSR count). The van der Waals surface area contributed by atoms with Gasteiger partial charge < -0.3 is 29.2 Å². The number of carbonyl (C=O) groups is 1. The lowest BCUT2D eigenvalue weighted by molar-refractivity contribution is -0.310. The smallest absolute Gasteiger partial charge is 0.168 e. The number of fused-ring (bicyclic) bond motifs is 1. The number of hydrogen-bond acceptors (Lipinski definition) is 6. The lowest BCUT2D eigenvalue weighted by Gasteiger charge is -2.28. The summed E-state index contributed by atoms with van der Waals surface area (Å²) >= 11 is 0. The number of aliphatic hydroxyl groups is 1. The Morgan fingerprint density at radius 3 is 2.84 bits per heavy atom. The van der Waals surface area contributed by atoms with E-state index >= 15 is 0 Å². The predicted octanol–water partition coefficient (Wildman–Crippen LogP) is -0.570. The fourth-order valence-electron chi connectivity index (χ4n) is 2.30. The molecule has 1 aromatic carbocycles. The van der Waals surface area contributed by atoms with E-state index in [2.05, 4.69) is 0 Å². The van der Waals surface area contributed by atoms with Crippen LogP contribution in [0, 0.1) is 0 Å². The van der Waals surface area contributed by atoms with Crippen LogP contribution >= 0.6 is 0 Å². The molecule has 0 saturated heterocycles. The third-order valence-electron chi connectivity index (χ3n) is 3.19. The molecule has 19 heavy (non-hydrogen) atoms. The zero-order chi connectivity index (χ0) is 14.0. The zero-order valence-electron chi connectivity index (χ0n) is 10.7. The first-order valence-electron chi connectivity index (χ1n) is 5.78. The van der Waals surface area contributed by atoms with Crippen LogP contribution in [-0.4, -0.2) is 38.0 Å². The van der Waals surface area contributed by atoms with Gasteiger partial charge in [-0.1, -0.05) is 12.1 Å². The van der Waals surface area contributed by atoms with Gasteiger partial charge in [0.2, 0.25) is 0 Å². The highest BCUT2D eigenvalue weighted by molar-refractivity contribution is 5.68. The van der Waals surface area contributed by atoms with Crippen molar-refractivity contribution in [2.75, 3.05) is 20.8 Å². The maximum absolute atomic E-state index is 10.9. The fourth-order valence-corrected chi connectivity index (χ4v) is 2.30. The van der Waals surface area contributed by atoms with Gasteiger partial charge in [0.1, 0.15) is 5.60 Å². The van der Waals surface area contributed by atoms with Crippen molar-refractivity contribution in [2.45, 2.75) is 18.1 Å². The number of benzene rings is 1. The van der Waals surface area contributed by atoms with Crippen molar-refractivity contribution in [3.05, 3.63) is 23.8 Å². The van der Waals surface area contributed by atoms with Gasteiger partial charge >= 0.3 is 0 Å². The Kier molecular flexibility index (Phi) is 3.64. The van der Waals surface area contributed by atoms with Gasteiger partial charge in [-0.3, -0.25) is 0 Å². The number of para-hydroxylation sites is 1. The summed E-state index contributed by atoms with van der Waals surface area (Å²) < 4.78 is 15.7. The molecule has 1 heterocycles. The summed E-state index contributed by atoms with van der Waals surface area (Å²) in [5.74, 6) is -0.577. The first-order valence-corrected chi connectivity index (χ1v) is 5.78. The second kappa shape index (κ2) is 5.07. The number of rotatable bonds is 5. The number of carboxylic acid groups (broad SMARTS) is 1. The average molecular weight is 267 g/mol. The van der Waals surface area contributed by atoms with Crippen molar-refractivity contribution in [1.82, 2.24) is 0 Å².